The third-order valence-corrected chi connectivity index (χ3v) is 3.98. The number of nitrogens with zero attached hydrogens (tertiary/aromatic N) is 2. The number of carbonyl (C=O) groups is 1. The first-order valence-corrected chi connectivity index (χ1v) is 7.77. The van der Waals surface area contributed by atoms with Gasteiger partial charge >= 0.3 is 0 Å². The minimum atomic E-state index is -0.165. The lowest BCUT2D eigenvalue weighted by atomic mass is 10.3. The molecule has 1 amide bonds. The van der Waals surface area contributed by atoms with Crippen LogP contribution in [0.3, 0.4) is 0 Å². The Kier molecular flexibility index (Phi) is 4.55. The summed E-state index contributed by atoms with van der Waals surface area (Å²) in [5.41, 5.74) is 0.370. The van der Waals surface area contributed by atoms with Gasteiger partial charge in [-0.25, -0.2) is 4.68 Å². The van der Waals surface area contributed by atoms with E-state index in [2.05, 4.69) is 10.4 Å². The van der Waals surface area contributed by atoms with Gasteiger partial charge in [-0.05, 0) is 37.0 Å². The normalized spacial score (nSPS) is 13.9. The molecule has 0 saturated heterocycles. The smallest absolute Gasteiger partial charge is 0.271 e. The van der Waals surface area contributed by atoms with Gasteiger partial charge in [0.2, 0.25) is 0 Å². The van der Waals surface area contributed by atoms with Crippen molar-refractivity contribution in [2.24, 2.45) is 5.92 Å². The molecule has 0 radical (unpaired) electrons. The van der Waals surface area contributed by atoms with Crippen molar-refractivity contribution in [2.75, 3.05) is 6.54 Å². The summed E-state index contributed by atoms with van der Waals surface area (Å²) in [5, 5.41) is 7.91. The molecule has 3 rings (SSSR count). The topological polar surface area (TPSA) is 56.2 Å². The molecule has 0 unspecified atom stereocenters. The molecule has 1 aromatic carbocycles. The molecule has 0 aliphatic heterocycles. The number of para-hydroxylation sites is 1. The van der Waals surface area contributed by atoms with E-state index in [0.29, 0.717) is 27.4 Å². The standard InChI is InChI=1S/C15H15Cl2N3O2/c16-11-2-1-3-12(17)14(11)22-9-20-7-6-13(19-20)15(21)18-8-10-4-5-10/h1-3,6-7,10H,4-5,8-9H2,(H,18,21). The summed E-state index contributed by atoms with van der Waals surface area (Å²) in [6.07, 6.45) is 4.07. The number of aromatic nitrogens is 2. The zero-order chi connectivity index (χ0) is 15.5. The molecule has 1 N–H and O–H groups in total. The van der Waals surface area contributed by atoms with Crippen molar-refractivity contribution in [2.45, 2.75) is 19.6 Å². The van der Waals surface area contributed by atoms with Crippen LogP contribution in [0.2, 0.25) is 10.0 Å². The first kappa shape index (κ1) is 15.2. The maximum atomic E-state index is 11.9. The molecule has 1 aliphatic carbocycles. The number of hydrogen-bond donors (Lipinski definition) is 1. The molecular formula is C15H15Cl2N3O2. The van der Waals surface area contributed by atoms with Crippen molar-refractivity contribution in [1.29, 1.82) is 0 Å². The van der Waals surface area contributed by atoms with E-state index in [1.165, 1.54) is 17.5 Å². The largest absolute Gasteiger partial charge is 0.468 e. The number of rotatable bonds is 6. The lowest BCUT2D eigenvalue weighted by Crippen LogP contribution is -2.26. The van der Waals surface area contributed by atoms with Crippen LogP contribution in [0.25, 0.3) is 0 Å². The number of hydrogen-bond acceptors (Lipinski definition) is 3. The van der Waals surface area contributed by atoms with Crippen LogP contribution in [-0.4, -0.2) is 22.2 Å². The fourth-order valence-electron chi connectivity index (χ4n) is 1.96. The second kappa shape index (κ2) is 6.58. The summed E-state index contributed by atoms with van der Waals surface area (Å²) in [5.74, 6) is 0.874. The van der Waals surface area contributed by atoms with Gasteiger partial charge in [0.1, 0.15) is 5.69 Å². The van der Waals surface area contributed by atoms with Crippen molar-refractivity contribution in [3.8, 4) is 5.75 Å². The van der Waals surface area contributed by atoms with Gasteiger partial charge in [0.25, 0.3) is 5.91 Å². The highest BCUT2D eigenvalue weighted by molar-refractivity contribution is 6.37. The van der Waals surface area contributed by atoms with Crippen LogP contribution >= 0.6 is 23.2 Å². The summed E-state index contributed by atoms with van der Waals surface area (Å²) in [4.78, 5) is 11.9. The molecule has 7 heteroatoms. The third kappa shape index (κ3) is 3.72. The molecule has 1 aromatic heterocycles. The monoisotopic (exact) mass is 339 g/mol. The zero-order valence-corrected chi connectivity index (χ0v) is 13.3. The molecule has 2 aromatic rings. The molecule has 0 bridgehead atoms. The van der Waals surface area contributed by atoms with Gasteiger partial charge in [0, 0.05) is 12.7 Å². The Morgan fingerprint density at radius 1 is 1.32 bits per heavy atom. The number of halogens is 2. The molecule has 1 aliphatic rings. The number of carbonyl (C=O) groups excluding carboxylic acids is 1. The van der Waals surface area contributed by atoms with E-state index >= 15 is 0 Å². The highest BCUT2D eigenvalue weighted by Gasteiger charge is 2.22. The minimum Gasteiger partial charge on any atom is -0.468 e. The fraction of sp³-hybridized carbons (Fsp3) is 0.333. The van der Waals surface area contributed by atoms with Gasteiger partial charge in [0.15, 0.2) is 12.5 Å². The SMILES string of the molecule is O=C(NCC1CC1)c1ccn(COc2c(Cl)cccc2Cl)n1. The lowest BCUT2D eigenvalue weighted by molar-refractivity contribution is 0.0944. The Labute approximate surface area is 138 Å². The molecule has 5 nitrogen and oxygen atoms in total. The Morgan fingerprint density at radius 3 is 2.73 bits per heavy atom. The van der Waals surface area contributed by atoms with Crippen LogP contribution in [-0.2, 0) is 6.73 Å². The first-order chi connectivity index (χ1) is 10.6. The minimum absolute atomic E-state index is 0.124. The first-order valence-electron chi connectivity index (χ1n) is 7.02. The molecular weight excluding hydrogens is 325 g/mol. The van der Waals surface area contributed by atoms with E-state index in [0.717, 1.165) is 6.54 Å². The van der Waals surface area contributed by atoms with Crippen molar-refractivity contribution in [1.82, 2.24) is 15.1 Å². The fourth-order valence-corrected chi connectivity index (χ4v) is 2.46. The van der Waals surface area contributed by atoms with Gasteiger partial charge in [-0.3, -0.25) is 4.79 Å². The van der Waals surface area contributed by atoms with Crippen molar-refractivity contribution in [3.05, 3.63) is 46.2 Å². The van der Waals surface area contributed by atoms with Crippen LogP contribution in [0.5, 0.6) is 5.75 Å². The van der Waals surface area contributed by atoms with Crippen molar-refractivity contribution < 1.29 is 9.53 Å². The molecule has 1 heterocycles. The molecule has 1 saturated carbocycles. The average Bonchev–Trinajstić information content (AvgIpc) is 3.21. The Bertz CT molecular complexity index is 663. The van der Waals surface area contributed by atoms with Crippen LogP contribution < -0.4 is 10.1 Å². The van der Waals surface area contributed by atoms with E-state index in [1.807, 2.05) is 0 Å². The lowest BCUT2D eigenvalue weighted by Gasteiger charge is -2.09. The Balaban J connectivity index is 1.58. The predicted octanol–water partition coefficient (Wildman–Crippen LogP) is 3.37. The van der Waals surface area contributed by atoms with E-state index in [-0.39, 0.29) is 12.6 Å². The number of amides is 1. The number of benzene rings is 1. The van der Waals surface area contributed by atoms with Gasteiger partial charge in [-0.2, -0.15) is 5.10 Å². The Hall–Kier alpha value is -1.72. The van der Waals surface area contributed by atoms with Crippen molar-refractivity contribution >= 4 is 29.1 Å². The predicted molar refractivity (Wildman–Crippen MR) is 84.4 cm³/mol. The van der Waals surface area contributed by atoms with Gasteiger partial charge in [0.05, 0.1) is 10.0 Å². The van der Waals surface area contributed by atoms with Crippen LogP contribution in [0, 0.1) is 5.92 Å². The second-order valence-electron chi connectivity index (χ2n) is 5.22. The molecule has 0 spiro atoms. The summed E-state index contributed by atoms with van der Waals surface area (Å²) in [6, 6.07) is 6.79. The van der Waals surface area contributed by atoms with Gasteiger partial charge in [-0.15, -0.1) is 0 Å². The van der Waals surface area contributed by atoms with Crippen LogP contribution in [0.4, 0.5) is 0 Å². The highest BCUT2D eigenvalue weighted by atomic mass is 35.5. The molecule has 22 heavy (non-hydrogen) atoms. The highest BCUT2D eigenvalue weighted by Crippen LogP contribution is 2.32. The zero-order valence-electron chi connectivity index (χ0n) is 11.8. The maximum Gasteiger partial charge on any atom is 0.271 e. The summed E-state index contributed by atoms with van der Waals surface area (Å²) in [7, 11) is 0. The van der Waals surface area contributed by atoms with Crippen molar-refractivity contribution in [3.63, 3.8) is 0 Å². The second-order valence-corrected chi connectivity index (χ2v) is 6.03. The van der Waals surface area contributed by atoms with E-state index in [1.54, 1.807) is 30.5 Å². The molecule has 1 fully saturated rings. The van der Waals surface area contributed by atoms with E-state index in [9.17, 15) is 4.79 Å². The number of ether oxygens (including phenoxy) is 1. The summed E-state index contributed by atoms with van der Waals surface area (Å²) in [6.45, 7) is 0.844. The quantitative estimate of drug-likeness (QED) is 0.877. The van der Waals surface area contributed by atoms with E-state index in [4.69, 9.17) is 27.9 Å². The van der Waals surface area contributed by atoms with Gasteiger partial charge < -0.3 is 10.1 Å². The van der Waals surface area contributed by atoms with Crippen LogP contribution in [0.15, 0.2) is 30.5 Å². The molecule has 116 valence electrons. The Morgan fingerprint density at radius 2 is 2.05 bits per heavy atom. The number of nitrogens with one attached hydrogen (secondary N) is 1. The molecule has 0 atom stereocenters. The average molecular weight is 340 g/mol. The maximum absolute atomic E-state index is 11.9. The van der Waals surface area contributed by atoms with Crippen LogP contribution in [0.1, 0.15) is 23.3 Å². The summed E-state index contributed by atoms with van der Waals surface area (Å²) >= 11 is 12.0. The van der Waals surface area contributed by atoms with Gasteiger partial charge in [-0.1, -0.05) is 29.3 Å². The van der Waals surface area contributed by atoms with E-state index < -0.39 is 0 Å². The third-order valence-electron chi connectivity index (χ3n) is 3.38. The summed E-state index contributed by atoms with van der Waals surface area (Å²) < 4.78 is 7.08.